The Morgan fingerprint density at radius 1 is 0.721 bits per heavy atom. The van der Waals surface area contributed by atoms with Crippen LogP contribution in [-0.4, -0.2) is 80.6 Å². The Kier molecular flexibility index (Phi) is 26.0. The van der Waals surface area contributed by atoms with Crippen molar-refractivity contribution >= 4 is 17.9 Å². The zero-order valence-corrected chi connectivity index (χ0v) is 28.2. The second-order valence-corrected chi connectivity index (χ2v) is 12.4. The number of likely N-dealkylation sites (N-methyl/N-ethyl adjacent to an activating group) is 1. The number of allylic oxidation sites excluding steroid dienone is 4. The van der Waals surface area contributed by atoms with Gasteiger partial charge < -0.3 is 23.8 Å². The highest BCUT2D eigenvalue weighted by Crippen LogP contribution is 2.12. The lowest BCUT2D eigenvalue weighted by atomic mass is 10.1. The summed E-state index contributed by atoms with van der Waals surface area (Å²) in [5.74, 6) is -1.50. The number of carboxylic acids is 1. The minimum Gasteiger partial charge on any atom is -0.477 e. The minimum absolute atomic E-state index is 0.0565. The molecule has 8 nitrogen and oxygen atoms in total. The first-order valence-electron chi connectivity index (χ1n) is 16.9. The number of carboxylic acid groups (broad SMARTS) is 1. The van der Waals surface area contributed by atoms with Crippen LogP contribution in [0.2, 0.25) is 0 Å². The number of aliphatic carboxylic acids is 1. The second-order valence-electron chi connectivity index (χ2n) is 12.4. The van der Waals surface area contributed by atoms with Crippen molar-refractivity contribution in [2.24, 2.45) is 0 Å². The molecule has 0 aromatic heterocycles. The molecule has 0 fully saturated rings. The lowest BCUT2D eigenvalue weighted by Gasteiger charge is -2.31. The largest absolute Gasteiger partial charge is 0.477 e. The number of quaternary nitrogens is 1. The van der Waals surface area contributed by atoms with Gasteiger partial charge >= 0.3 is 17.9 Å². The highest BCUT2D eigenvalue weighted by atomic mass is 16.6. The zero-order valence-electron chi connectivity index (χ0n) is 28.2. The van der Waals surface area contributed by atoms with Crippen molar-refractivity contribution in [3.05, 3.63) is 24.3 Å². The van der Waals surface area contributed by atoms with Crippen molar-refractivity contribution in [2.45, 2.75) is 142 Å². The van der Waals surface area contributed by atoms with E-state index in [-0.39, 0.29) is 36.2 Å². The van der Waals surface area contributed by atoms with Crippen LogP contribution in [0.4, 0.5) is 0 Å². The fourth-order valence-corrected chi connectivity index (χ4v) is 4.71. The molecule has 2 atom stereocenters. The monoisotopic (exact) mass is 610 g/mol. The summed E-state index contributed by atoms with van der Waals surface area (Å²) in [4.78, 5) is 36.5. The number of unbranched alkanes of at least 4 members (excludes halogenated alkanes) is 11. The standard InChI is InChI=1S/C35H63NO7/c1-6-8-10-12-14-15-16-17-18-20-21-23-25-33(37)42-30-31(29-41-28-27-32(35(39)40)36(3,4)5)43-34(38)26-24-22-19-13-11-9-7-2/h8,10,14-15,31-32H,6-7,9,11-13,16-30H2,1-5H3/p+1/b10-8+,15-14+. The number of esters is 2. The van der Waals surface area contributed by atoms with E-state index in [1.165, 1.54) is 25.7 Å². The maximum atomic E-state index is 12.5. The van der Waals surface area contributed by atoms with Crippen LogP contribution >= 0.6 is 0 Å². The van der Waals surface area contributed by atoms with Gasteiger partial charge in [0.2, 0.25) is 0 Å². The molecule has 0 aromatic rings. The molecule has 250 valence electrons. The molecule has 0 saturated heterocycles. The predicted molar refractivity (Wildman–Crippen MR) is 174 cm³/mol. The summed E-state index contributed by atoms with van der Waals surface area (Å²) < 4.78 is 17.1. The van der Waals surface area contributed by atoms with Crippen LogP contribution in [-0.2, 0) is 28.6 Å². The van der Waals surface area contributed by atoms with Crippen molar-refractivity contribution in [3.8, 4) is 0 Å². The number of rotatable bonds is 29. The number of carbonyl (C=O) groups excluding carboxylic acids is 2. The molecule has 1 N–H and O–H groups in total. The summed E-state index contributed by atoms with van der Waals surface area (Å²) >= 11 is 0. The smallest absolute Gasteiger partial charge is 0.362 e. The highest BCUT2D eigenvalue weighted by Gasteiger charge is 2.31. The second kappa shape index (κ2) is 27.4. The maximum absolute atomic E-state index is 12.5. The summed E-state index contributed by atoms with van der Waals surface area (Å²) in [7, 11) is 5.50. The van der Waals surface area contributed by atoms with E-state index in [0.717, 1.165) is 70.6 Å². The molecule has 2 unspecified atom stereocenters. The minimum atomic E-state index is -0.880. The number of ether oxygens (including phenoxy) is 3. The van der Waals surface area contributed by atoms with Gasteiger partial charge in [-0.1, -0.05) is 95.9 Å². The fraction of sp³-hybridized carbons (Fsp3) is 0.800. The topological polar surface area (TPSA) is 99.1 Å². The fourth-order valence-electron chi connectivity index (χ4n) is 4.71. The van der Waals surface area contributed by atoms with Crippen molar-refractivity contribution in [2.75, 3.05) is 41.0 Å². The maximum Gasteiger partial charge on any atom is 0.362 e. The summed E-state index contributed by atoms with van der Waals surface area (Å²) in [6.45, 7) is 4.54. The van der Waals surface area contributed by atoms with Gasteiger partial charge in [0.05, 0.1) is 34.4 Å². The molecular weight excluding hydrogens is 546 g/mol. The third-order valence-corrected chi connectivity index (χ3v) is 7.37. The summed E-state index contributed by atoms with van der Waals surface area (Å²) in [5.41, 5.74) is 0. The molecule has 0 rings (SSSR count). The van der Waals surface area contributed by atoms with Gasteiger partial charge in [0, 0.05) is 19.3 Å². The van der Waals surface area contributed by atoms with E-state index in [4.69, 9.17) is 14.2 Å². The SMILES string of the molecule is CC/C=C/C/C=C/CCCCCCCC(=O)OCC(COCCC(C(=O)O)[N+](C)(C)C)OC(=O)CCCCCCCCC. The van der Waals surface area contributed by atoms with Crippen LogP contribution in [0.3, 0.4) is 0 Å². The van der Waals surface area contributed by atoms with Crippen LogP contribution in [0.1, 0.15) is 129 Å². The molecule has 0 amide bonds. The molecule has 0 aliphatic rings. The molecule has 0 aliphatic carbocycles. The normalized spacial score (nSPS) is 13.4. The highest BCUT2D eigenvalue weighted by molar-refractivity contribution is 5.72. The van der Waals surface area contributed by atoms with E-state index < -0.39 is 18.1 Å². The first-order valence-corrected chi connectivity index (χ1v) is 16.9. The van der Waals surface area contributed by atoms with Gasteiger partial charge in [-0.25, -0.2) is 4.79 Å². The molecule has 8 heteroatoms. The number of hydrogen-bond acceptors (Lipinski definition) is 6. The summed E-state index contributed by atoms with van der Waals surface area (Å²) in [6, 6.07) is -0.611. The Bertz CT molecular complexity index is 773. The van der Waals surface area contributed by atoms with Gasteiger partial charge in [-0.15, -0.1) is 0 Å². The zero-order chi connectivity index (χ0) is 32.2. The number of nitrogens with zero attached hydrogens (tertiary/aromatic N) is 1. The first kappa shape index (κ1) is 40.8. The molecule has 43 heavy (non-hydrogen) atoms. The lowest BCUT2D eigenvalue weighted by molar-refractivity contribution is -0.887. The van der Waals surface area contributed by atoms with Gasteiger partial charge in [0.25, 0.3) is 0 Å². The van der Waals surface area contributed by atoms with Gasteiger partial charge in [-0.05, 0) is 38.5 Å². The van der Waals surface area contributed by atoms with Gasteiger partial charge in [-0.3, -0.25) is 9.59 Å². The van der Waals surface area contributed by atoms with Crippen molar-refractivity contribution in [1.82, 2.24) is 0 Å². The number of hydrogen-bond donors (Lipinski definition) is 1. The van der Waals surface area contributed by atoms with E-state index >= 15 is 0 Å². The molecule has 0 spiro atoms. The Balaban J connectivity index is 4.46. The molecule has 0 saturated carbocycles. The third-order valence-electron chi connectivity index (χ3n) is 7.37. The Hall–Kier alpha value is -2.19. The molecule has 0 aromatic carbocycles. The van der Waals surface area contributed by atoms with E-state index in [0.29, 0.717) is 19.3 Å². The van der Waals surface area contributed by atoms with Crippen molar-refractivity contribution < 1.29 is 38.2 Å². The molecule has 0 radical (unpaired) electrons. The first-order chi connectivity index (χ1) is 20.6. The summed E-state index contributed by atoms with van der Waals surface area (Å²) in [6.07, 6.45) is 25.2. The van der Waals surface area contributed by atoms with Crippen LogP contribution in [0.25, 0.3) is 0 Å². The van der Waals surface area contributed by atoms with Crippen LogP contribution in [0.5, 0.6) is 0 Å². The van der Waals surface area contributed by atoms with Crippen molar-refractivity contribution in [3.63, 3.8) is 0 Å². The lowest BCUT2D eigenvalue weighted by Crippen LogP contribution is -2.50. The predicted octanol–water partition coefficient (Wildman–Crippen LogP) is 7.79. The third kappa shape index (κ3) is 26.0. The van der Waals surface area contributed by atoms with Crippen LogP contribution in [0, 0.1) is 0 Å². The summed E-state index contributed by atoms with van der Waals surface area (Å²) in [5, 5.41) is 9.53. The quantitative estimate of drug-likeness (QED) is 0.0399. The Morgan fingerprint density at radius 2 is 1.30 bits per heavy atom. The van der Waals surface area contributed by atoms with Gasteiger partial charge in [-0.2, -0.15) is 0 Å². The van der Waals surface area contributed by atoms with E-state index in [2.05, 4.69) is 38.2 Å². The van der Waals surface area contributed by atoms with Crippen LogP contribution < -0.4 is 0 Å². The van der Waals surface area contributed by atoms with Gasteiger partial charge in [0.1, 0.15) is 6.61 Å². The van der Waals surface area contributed by atoms with Gasteiger partial charge in [0.15, 0.2) is 12.1 Å². The van der Waals surface area contributed by atoms with Crippen molar-refractivity contribution in [1.29, 1.82) is 0 Å². The molecule has 0 aliphatic heterocycles. The van der Waals surface area contributed by atoms with Crippen LogP contribution in [0.15, 0.2) is 24.3 Å². The number of carbonyl (C=O) groups is 3. The molecule has 0 bridgehead atoms. The van der Waals surface area contributed by atoms with E-state index in [1.807, 2.05) is 21.1 Å². The molecular formula is C35H64NO7+. The van der Waals surface area contributed by atoms with E-state index in [9.17, 15) is 19.5 Å². The average molecular weight is 611 g/mol. The molecule has 0 heterocycles. The Morgan fingerprint density at radius 3 is 1.91 bits per heavy atom. The Labute approximate surface area is 262 Å². The van der Waals surface area contributed by atoms with E-state index in [1.54, 1.807) is 0 Å². The average Bonchev–Trinajstić information content (AvgIpc) is 2.94.